The predicted octanol–water partition coefficient (Wildman–Crippen LogP) is 4.48. The summed E-state index contributed by atoms with van der Waals surface area (Å²) in [7, 11) is 0. The van der Waals surface area contributed by atoms with E-state index in [0.29, 0.717) is 22.9 Å². The number of carbonyl (C=O) groups excluding carboxylic acids is 3. The van der Waals surface area contributed by atoms with Gasteiger partial charge in [-0.25, -0.2) is 0 Å². The molecule has 30 heavy (non-hydrogen) atoms. The summed E-state index contributed by atoms with van der Waals surface area (Å²) in [6.45, 7) is 2.41. The number of thioether (sulfide) groups is 1. The van der Waals surface area contributed by atoms with Crippen LogP contribution in [0.25, 0.3) is 6.08 Å². The molecule has 1 heterocycles. The van der Waals surface area contributed by atoms with Crippen LogP contribution in [0.2, 0.25) is 5.02 Å². The molecule has 0 spiro atoms. The number of rotatable bonds is 8. The number of hydrogen-bond acceptors (Lipinski definition) is 5. The zero-order valence-corrected chi connectivity index (χ0v) is 18.0. The molecule has 0 aliphatic carbocycles. The van der Waals surface area contributed by atoms with Crippen molar-refractivity contribution in [3.8, 4) is 5.75 Å². The molecule has 0 unspecified atom stereocenters. The van der Waals surface area contributed by atoms with Crippen molar-refractivity contribution in [1.82, 2.24) is 10.2 Å². The highest BCUT2D eigenvalue weighted by atomic mass is 35.5. The summed E-state index contributed by atoms with van der Waals surface area (Å²) in [5.74, 6) is -0.286. The van der Waals surface area contributed by atoms with E-state index in [1.807, 2.05) is 37.3 Å². The van der Waals surface area contributed by atoms with Gasteiger partial charge in [0.1, 0.15) is 18.9 Å². The third-order valence-corrected chi connectivity index (χ3v) is 5.57. The minimum absolute atomic E-state index is 0.247. The molecule has 3 rings (SSSR count). The maximum absolute atomic E-state index is 12.6. The minimum atomic E-state index is -0.488. The van der Waals surface area contributed by atoms with Crippen molar-refractivity contribution in [2.45, 2.75) is 20.0 Å². The molecule has 1 aliphatic heterocycles. The fraction of sp³-hybridized carbons (Fsp3) is 0.227. The Morgan fingerprint density at radius 3 is 2.67 bits per heavy atom. The molecule has 1 aliphatic rings. The number of halogens is 1. The van der Waals surface area contributed by atoms with Crippen molar-refractivity contribution in [3.63, 3.8) is 0 Å². The lowest BCUT2D eigenvalue weighted by molar-refractivity contribution is -0.129. The van der Waals surface area contributed by atoms with Gasteiger partial charge < -0.3 is 10.1 Å². The lowest BCUT2D eigenvalue weighted by atomic mass is 10.1. The van der Waals surface area contributed by atoms with E-state index in [4.69, 9.17) is 16.3 Å². The maximum atomic E-state index is 12.6. The smallest absolute Gasteiger partial charge is 0.294 e. The molecule has 156 valence electrons. The molecule has 1 N–H and O–H groups in total. The summed E-state index contributed by atoms with van der Waals surface area (Å²) < 4.78 is 5.90. The van der Waals surface area contributed by atoms with Crippen LogP contribution in [0.1, 0.15) is 24.5 Å². The van der Waals surface area contributed by atoms with Crippen molar-refractivity contribution in [2.75, 3.05) is 13.1 Å². The maximum Gasteiger partial charge on any atom is 0.294 e. The number of nitrogens with one attached hydrogen (secondary N) is 1. The highest BCUT2D eigenvalue weighted by Crippen LogP contribution is 2.34. The summed E-state index contributed by atoms with van der Waals surface area (Å²) in [5.41, 5.74) is 1.50. The molecule has 1 saturated heterocycles. The van der Waals surface area contributed by atoms with Gasteiger partial charge in [-0.1, -0.05) is 54.9 Å². The van der Waals surface area contributed by atoms with Crippen molar-refractivity contribution in [2.24, 2.45) is 0 Å². The van der Waals surface area contributed by atoms with Crippen LogP contribution in [-0.2, 0) is 16.2 Å². The summed E-state index contributed by atoms with van der Waals surface area (Å²) in [4.78, 5) is 38.0. The van der Waals surface area contributed by atoms with Gasteiger partial charge in [0, 0.05) is 22.7 Å². The van der Waals surface area contributed by atoms with Crippen LogP contribution < -0.4 is 10.1 Å². The van der Waals surface area contributed by atoms with E-state index in [-0.39, 0.29) is 24.0 Å². The number of carbonyl (C=O) groups is 3. The van der Waals surface area contributed by atoms with Gasteiger partial charge in [-0.2, -0.15) is 0 Å². The van der Waals surface area contributed by atoms with Gasteiger partial charge in [0.25, 0.3) is 11.1 Å². The second-order valence-corrected chi connectivity index (χ2v) is 7.94. The predicted molar refractivity (Wildman–Crippen MR) is 118 cm³/mol. The van der Waals surface area contributed by atoms with Gasteiger partial charge >= 0.3 is 0 Å². The van der Waals surface area contributed by atoms with Crippen molar-refractivity contribution in [1.29, 1.82) is 0 Å². The Balaban J connectivity index is 1.74. The SMILES string of the molecule is CCCNC(=O)CN1C(=O)S/C(=C\c2ccccc2OCc2ccccc2Cl)C1=O. The Bertz CT molecular complexity index is 993. The van der Waals surface area contributed by atoms with Gasteiger partial charge in [0.15, 0.2) is 0 Å². The van der Waals surface area contributed by atoms with E-state index >= 15 is 0 Å². The fourth-order valence-electron chi connectivity index (χ4n) is 2.74. The van der Waals surface area contributed by atoms with Gasteiger partial charge in [-0.3, -0.25) is 19.3 Å². The van der Waals surface area contributed by atoms with Crippen molar-refractivity contribution < 1.29 is 19.1 Å². The number of ether oxygens (including phenoxy) is 1. The highest BCUT2D eigenvalue weighted by molar-refractivity contribution is 8.18. The average molecular weight is 445 g/mol. The Morgan fingerprint density at radius 2 is 1.90 bits per heavy atom. The molecule has 1 fully saturated rings. The average Bonchev–Trinajstić information content (AvgIpc) is 3.00. The summed E-state index contributed by atoms with van der Waals surface area (Å²) in [5, 5.41) is 2.81. The first-order chi connectivity index (χ1) is 14.5. The Kier molecular flexibility index (Phi) is 7.54. The molecule has 2 aromatic rings. The van der Waals surface area contributed by atoms with Crippen molar-refractivity contribution >= 4 is 46.5 Å². The Labute approximate surface area is 184 Å². The molecule has 8 heteroatoms. The third kappa shape index (κ3) is 5.43. The summed E-state index contributed by atoms with van der Waals surface area (Å²) in [6.07, 6.45) is 2.38. The van der Waals surface area contributed by atoms with E-state index in [9.17, 15) is 14.4 Å². The van der Waals surface area contributed by atoms with E-state index < -0.39 is 11.1 Å². The lowest BCUT2D eigenvalue weighted by Crippen LogP contribution is -2.39. The second-order valence-electron chi connectivity index (χ2n) is 6.54. The van der Waals surface area contributed by atoms with Crippen LogP contribution in [0.3, 0.4) is 0 Å². The molecular formula is C22H21ClN2O4S. The number of benzene rings is 2. The quantitative estimate of drug-likeness (QED) is 0.607. The van der Waals surface area contributed by atoms with Gasteiger partial charge in [-0.05, 0) is 36.4 Å². The normalized spacial score (nSPS) is 15.0. The number of nitrogens with zero attached hydrogens (tertiary/aromatic N) is 1. The van der Waals surface area contributed by atoms with Crippen LogP contribution in [0, 0.1) is 0 Å². The summed E-state index contributed by atoms with van der Waals surface area (Å²) in [6, 6.07) is 14.6. The molecule has 6 nitrogen and oxygen atoms in total. The number of imide groups is 1. The largest absolute Gasteiger partial charge is 0.488 e. The summed E-state index contributed by atoms with van der Waals surface area (Å²) >= 11 is 6.99. The fourth-order valence-corrected chi connectivity index (χ4v) is 3.76. The molecule has 0 radical (unpaired) electrons. The molecule has 0 bridgehead atoms. The number of amides is 3. The van der Waals surface area contributed by atoms with Crippen molar-refractivity contribution in [3.05, 3.63) is 69.6 Å². The van der Waals surface area contributed by atoms with Crippen LogP contribution in [0.5, 0.6) is 5.75 Å². The van der Waals surface area contributed by atoms with Gasteiger partial charge in [0.05, 0.1) is 4.91 Å². The zero-order chi connectivity index (χ0) is 21.5. The molecular weight excluding hydrogens is 424 g/mol. The molecule has 0 saturated carbocycles. The zero-order valence-electron chi connectivity index (χ0n) is 16.4. The van der Waals surface area contributed by atoms with Gasteiger partial charge in [0.2, 0.25) is 5.91 Å². The highest BCUT2D eigenvalue weighted by Gasteiger charge is 2.36. The first kappa shape index (κ1) is 21.9. The number of para-hydroxylation sites is 1. The van der Waals surface area contributed by atoms with E-state index in [1.165, 1.54) is 0 Å². The van der Waals surface area contributed by atoms with Crippen LogP contribution in [-0.4, -0.2) is 35.0 Å². The van der Waals surface area contributed by atoms with Crippen LogP contribution in [0.4, 0.5) is 4.79 Å². The monoisotopic (exact) mass is 444 g/mol. The molecule has 0 aromatic heterocycles. The Hall–Kier alpha value is -2.77. The molecule has 2 aromatic carbocycles. The Morgan fingerprint density at radius 1 is 1.17 bits per heavy atom. The standard InChI is InChI=1S/C22H21ClN2O4S/c1-2-11-24-20(26)13-25-21(27)19(30-22(25)28)12-15-7-4-6-10-18(15)29-14-16-8-3-5-9-17(16)23/h3-10,12H,2,11,13-14H2,1H3,(H,24,26)/b19-12-. The number of hydrogen-bond donors (Lipinski definition) is 1. The van der Waals surface area contributed by atoms with Gasteiger partial charge in [-0.15, -0.1) is 0 Å². The van der Waals surface area contributed by atoms with Crippen LogP contribution >= 0.6 is 23.4 Å². The molecule has 3 amide bonds. The van der Waals surface area contributed by atoms with E-state index in [0.717, 1.165) is 28.6 Å². The first-order valence-electron chi connectivity index (χ1n) is 9.47. The van der Waals surface area contributed by atoms with E-state index in [1.54, 1.807) is 24.3 Å². The first-order valence-corrected chi connectivity index (χ1v) is 10.7. The third-order valence-electron chi connectivity index (χ3n) is 4.29. The van der Waals surface area contributed by atoms with E-state index in [2.05, 4.69) is 5.32 Å². The second kappa shape index (κ2) is 10.3. The van der Waals surface area contributed by atoms with Crippen LogP contribution in [0.15, 0.2) is 53.4 Å². The lowest BCUT2D eigenvalue weighted by Gasteiger charge is -2.12. The topological polar surface area (TPSA) is 75.7 Å². The molecule has 0 atom stereocenters. The minimum Gasteiger partial charge on any atom is -0.488 e.